The van der Waals surface area contributed by atoms with Crippen LogP contribution >= 0.6 is 0 Å². The van der Waals surface area contributed by atoms with Gasteiger partial charge in [-0.05, 0) is 42.1 Å². The maximum Gasteiger partial charge on any atom is 0.259 e. The Bertz CT molecular complexity index is 1060. The summed E-state index contributed by atoms with van der Waals surface area (Å²) in [6.07, 6.45) is 0.544. The van der Waals surface area contributed by atoms with Crippen molar-refractivity contribution < 1.29 is 18.3 Å². The van der Waals surface area contributed by atoms with Gasteiger partial charge in [-0.15, -0.1) is 0 Å². The number of nitrogens with one attached hydrogen (secondary N) is 1. The van der Waals surface area contributed by atoms with Gasteiger partial charge < -0.3 is 10.4 Å². The van der Waals surface area contributed by atoms with Crippen LogP contribution in [0.1, 0.15) is 23.7 Å². The average molecular weight is 369 g/mol. The third-order valence-electron chi connectivity index (χ3n) is 4.09. The van der Waals surface area contributed by atoms with Crippen LogP contribution in [0.4, 0.5) is 5.69 Å². The lowest BCUT2D eigenvalue weighted by Gasteiger charge is -2.10. The molecule has 0 bridgehead atoms. The standard InChI is InChI=1S/C20H19NO4S/c1-2-13-26(24,25)16-10-8-15(9-11-16)21-20(23)18-12-7-14-5-3-4-6-17(14)19(18)22/h3-12,22H,2,13H2,1H3,(H,21,23). The van der Waals surface area contributed by atoms with Gasteiger partial charge in [0.05, 0.1) is 16.2 Å². The lowest BCUT2D eigenvalue weighted by Crippen LogP contribution is -2.12. The zero-order valence-electron chi connectivity index (χ0n) is 14.3. The van der Waals surface area contributed by atoms with Crippen molar-refractivity contribution >= 4 is 32.2 Å². The van der Waals surface area contributed by atoms with Gasteiger partial charge in [-0.3, -0.25) is 4.79 Å². The van der Waals surface area contributed by atoms with E-state index in [0.29, 0.717) is 17.5 Å². The first-order valence-electron chi connectivity index (χ1n) is 8.27. The van der Waals surface area contributed by atoms with Crippen molar-refractivity contribution in [2.24, 2.45) is 0 Å². The van der Waals surface area contributed by atoms with Crippen molar-refractivity contribution in [3.05, 3.63) is 66.2 Å². The molecule has 3 aromatic rings. The summed E-state index contributed by atoms with van der Waals surface area (Å²) >= 11 is 0. The molecule has 0 aliphatic heterocycles. The largest absolute Gasteiger partial charge is 0.506 e. The molecule has 3 rings (SSSR count). The van der Waals surface area contributed by atoms with Gasteiger partial charge in [0.15, 0.2) is 9.84 Å². The van der Waals surface area contributed by atoms with Gasteiger partial charge in [0.2, 0.25) is 0 Å². The molecule has 0 saturated carbocycles. The number of carbonyl (C=O) groups is 1. The van der Waals surface area contributed by atoms with E-state index in [4.69, 9.17) is 0 Å². The number of rotatable bonds is 5. The van der Waals surface area contributed by atoms with E-state index in [9.17, 15) is 18.3 Å². The first-order valence-corrected chi connectivity index (χ1v) is 9.92. The number of hydrogen-bond donors (Lipinski definition) is 2. The van der Waals surface area contributed by atoms with E-state index in [1.807, 2.05) is 19.1 Å². The van der Waals surface area contributed by atoms with Crippen molar-refractivity contribution in [1.29, 1.82) is 0 Å². The molecule has 26 heavy (non-hydrogen) atoms. The maximum absolute atomic E-state index is 12.5. The zero-order chi connectivity index (χ0) is 18.7. The molecule has 0 atom stereocenters. The first-order chi connectivity index (χ1) is 12.4. The average Bonchev–Trinajstić information content (AvgIpc) is 2.62. The van der Waals surface area contributed by atoms with Crippen LogP contribution in [0.5, 0.6) is 5.75 Å². The first kappa shape index (κ1) is 17.9. The number of anilines is 1. The molecule has 0 spiro atoms. The molecule has 6 heteroatoms. The molecule has 5 nitrogen and oxygen atoms in total. The van der Waals surface area contributed by atoms with Crippen LogP contribution in [-0.4, -0.2) is 25.2 Å². The lowest BCUT2D eigenvalue weighted by molar-refractivity contribution is 0.102. The van der Waals surface area contributed by atoms with E-state index in [1.54, 1.807) is 36.4 Å². The highest BCUT2D eigenvalue weighted by Crippen LogP contribution is 2.29. The van der Waals surface area contributed by atoms with Crippen molar-refractivity contribution in [3.8, 4) is 5.75 Å². The van der Waals surface area contributed by atoms with Gasteiger partial charge in [-0.1, -0.05) is 37.3 Å². The smallest absolute Gasteiger partial charge is 0.259 e. The van der Waals surface area contributed by atoms with Crippen LogP contribution in [0, 0.1) is 0 Å². The third kappa shape index (κ3) is 3.55. The van der Waals surface area contributed by atoms with Crippen LogP contribution < -0.4 is 5.32 Å². The molecule has 0 aromatic heterocycles. The molecular formula is C20H19NO4S. The highest BCUT2D eigenvalue weighted by Gasteiger charge is 2.15. The molecule has 0 unspecified atom stereocenters. The van der Waals surface area contributed by atoms with E-state index in [2.05, 4.69) is 5.32 Å². The minimum absolute atomic E-state index is 0.0808. The minimum Gasteiger partial charge on any atom is -0.506 e. The van der Waals surface area contributed by atoms with Crippen molar-refractivity contribution in [2.75, 3.05) is 11.1 Å². The third-order valence-corrected chi connectivity index (χ3v) is 6.03. The number of hydrogen-bond acceptors (Lipinski definition) is 4. The predicted octanol–water partition coefficient (Wildman–Crippen LogP) is 3.98. The van der Waals surface area contributed by atoms with Gasteiger partial charge >= 0.3 is 0 Å². The molecule has 0 aliphatic carbocycles. The maximum atomic E-state index is 12.5. The van der Waals surface area contributed by atoms with Gasteiger partial charge in [-0.2, -0.15) is 0 Å². The number of phenolic OH excluding ortho intramolecular Hbond substituents is 1. The van der Waals surface area contributed by atoms with Gasteiger partial charge in [0, 0.05) is 11.1 Å². The fourth-order valence-electron chi connectivity index (χ4n) is 2.77. The Balaban J connectivity index is 1.83. The lowest BCUT2D eigenvalue weighted by atomic mass is 10.0. The van der Waals surface area contributed by atoms with Gasteiger partial charge in [0.25, 0.3) is 5.91 Å². The second-order valence-corrected chi connectivity index (χ2v) is 8.09. The SMILES string of the molecule is CCCS(=O)(=O)c1ccc(NC(=O)c2ccc3ccccc3c2O)cc1. The summed E-state index contributed by atoms with van der Waals surface area (Å²) in [6, 6.07) is 16.6. The molecule has 0 heterocycles. The summed E-state index contributed by atoms with van der Waals surface area (Å²) in [5, 5.41) is 14.5. The number of amides is 1. The van der Waals surface area contributed by atoms with E-state index in [-0.39, 0.29) is 22.0 Å². The van der Waals surface area contributed by atoms with Crippen molar-refractivity contribution in [2.45, 2.75) is 18.2 Å². The molecule has 0 fully saturated rings. The van der Waals surface area contributed by atoms with Crippen LogP contribution in [0.25, 0.3) is 10.8 Å². The molecular weight excluding hydrogens is 350 g/mol. The fraction of sp³-hybridized carbons (Fsp3) is 0.150. The summed E-state index contributed by atoms with van der Waals surface area (Å²) in [5.74, 6) is -0.455. The number of fused-ring (bicyclic) bond motifs is 1. The molecule has 0 aliphatic rings. The zero-order valence-corrected chi connectivity index (χ0v) is 15.1. The van der Waals surface area contributed by atoms with Crippen LogP contribution in [0.2, 0.25) is 0 Å². The predicted molar refractivity (Wildman–Crippen MR) is 102 cm³/mol. The summed E-state index contributed by atoms with van der Waals surface area (Å²) < 4.78 is 24.1. The quantitative estimate of drug-likeness (QED) is 0.712. The number of aromatic hydroxyl groups is 1. The summed E-state index contributed by atoms with van der Waals surface area (Å²) in [6.45, 7) is 1.81. The highest BCUT2D eigenvalue weighted by atomic mass is 32.2. The summed E-state index contributed by atoms with van der Waals surface area (Å²) in [7, 11) is -3.29. The number of benzene rings is 3. The van der Waals surface area contributed by atoms with Crippen LogP contribution in [0.3, 0.4) is 0 Å². The Hall–Kier alpha value is -2.86. The topological polar surface area (TPSA) is 83.5 Å². The fourth-order valence-corrected chi connectivity index (χ4v) is 4.09. The Morgan fingerprint density at radius 2 is 1.69 bits per heavy atom. The van der Waals surface area contributed by atoms with Crippen molar-refractivity contribution in [3.63, 3.8) is 0 Å². The molecule has 2 N–H and O–H groups in total. The monoisotopic (exact) mass is 369 g/mol. The Morgan fingerprint density at radius 3 is 2.38 bits per heavy atom. The van der Waals surface area contributed by atoms with E-state index in [0.717, 1.165) is 5.39 Å². The molecule has 3 aromatic carbocycles. The molecule has 0 radical (unpaired) electrons. The van der Waals surface area contributed by atoms with E-state index >= 15 is 0 Å². The second kappa shape index (κ2) is 7.17. The van der Waals surface area contributed by atoms with Gasteiger partial charge in [0.1, 0.15) is 5.75 Å². The molecule has 1 amide bonds. The normalized spacial score (nSPS) is 11.4. The van der Waals surface area contributed by atoms with E-state index in [1.165, 1.54) is 12.1 Å². The van der Waals surface area contributed by atoms with Crippen molar-refractivity contribution in [1.82, 2.24) is 0 Å². The molecule has 0 saturated heterocycles. The van der Waals surface area contributed by atoms with Crippen LogP contribution in [0.15, 0.2) is 65.6 Å². The number of phenols is 1. The Kier molecular flexibility index (Phi) is 4.95. The van der Waals surface area contributed by atoms with Gasteiger partial charge in [-0.25, -0.2) is 8.42 Å². The summed E-state index contributed by atoms with van der Waals surface area (Å²) in [5.41, 5.74) is 0.615. The Labute approximate surface area is 152 Å². The number of carbonyl (C=O) groups excluding carboxylic acids is 1. The highest BCUT2D eigenvalue weighted by molar-refractivity contribution is 7.91. The van der Waals surface area contributed by atoms with E-state index < -0.39 is 15.7 Å². The molecule has 134 valence electrons. The second-order valence-electron chi connectivity index (χ2n) is 5.98. The Morgan fingerprint density at radius 1 is 1.00 bits per heavy atom. The minimum atomic E-state index is -3.29. The number of sulfone groups is 1. The van der Waals surface area contributed by atoms with Crippen LogP contribution in [-0.2, 0) is 9.84 Å². The summed E-state index contributed by atoms with van der Waals surface area (Å²) in [4.78, 5) is 12.7.